The number of furan rings is 1. The van der Waals surface area contributed by atoms with Crippen molar-refractivity contribution in [3.05, 3.63) is 53.5 Å². The standard InChI is InChI=1S/C16H20N2O2.ClH/c1-11-4-9-16(20-11)12(2)17-10-14-5-7-15(8-6-14)18-13(3)19;/h4-9,12,17H,10H2,1-3H3,(H,18,19);1H. The van der Waals surface area contributed by atoms with Gasteiger partial charge in [0.15, 0.2) is 0 Å². The van der Waals surface area contributed by atoms with Gasteiger partial charge in [-0.15, -0.1) is 12.4 Å². The van der Waals surface area contributed by atoms with Crippen molar-refractivity contribution in [2.24, 2.45) is 0 Å². The predicted molar refractivity (Wildman–Crippen MR) is 86.7 cm³/mol. The van der Waals surface area contributed by atoms with Crippen molar-refractivity contribution in [3.8, 4) is 0 Å². The molecule has 5 heteroatoms. The fourth-order valence-electron chi connectivity index (χ4n) is 1.97. The van der Waals surface area contributed by atoms with Gasteiger partial charge in [0.25, 0.3) is 0 Å². The van der Waals surface area contributed by atoms with E-state index in [0.29, 0.717) is 0 Å². The lowest BCUT2D eigenvalue weighted by atomic mass is 10.2. The Balaban J connectivity index is 0.00000220. The molecule has 0 radical (unpaired) electrons. The third-order valence-electron chi connectivity index (χ3n) is 3.07. The maximum atomic E-state index is 10.9. The first kappa shape index (κ1) is 17.3. The van der Waals surface area contributed by atoms with Crippen molar-refractivity contribution in [2.45, 2.75) is 33.4 Å². The monoisotopic (exact) mass is 308 g/mol. The molecule has 0 saturated carbocycles. The Morgan fingerprint density at radius 2 is 1.86 bits per heavy atom. The van der Waals surface area contributed by atoms with Gasteiger partial charge in [-0.05, 0) is 43.7 Å². The van der Waals surface area contributed by atoms with Gasteiger partial charge >= 0.3 is 0 Å². The Bertz CT molecular complexity index is 578. The second kappa shape index (κ2) is 7.86. The van der Waals surface area contributed by atoms with E-state index in [1.165, 1.54) is 6.92 Å². The molecule has 2 aromatic rings. The summed E-state index contributed by atoms with van der Waals surface area (Å²) in [5.41, 5.74) is 1.98. The molecule has 0 aliphatic carbocycles. The van der Waals surface area contributed by atoms with E-state index in [0.717, 1.165) is 29.3 Å². The number of carbonyl (C=O) groups excluding carboxylic acids is 1. The van der Waals surface area contributed by atoms with Crippen molar-refractivity contribution < 1.29 is 9.21 Å². The van der Waals surface area contributed by atoms with Crippen molar-refractivity contribution in [1.29, 1.82) is 0 Å². The normalized spacial score (nSPS) is 11.6. The van der Waals surface area contributed by atoms with Gasteiger partial charge in [0.1, 0.15) is 11.5 Å². The Hall–Kier alpha value is -1.78. The molecule has 114 valence electrons. The molecular weight excluding hydrogens is 288 g/mol. The third kappa shape index (κ3) is 5.25. The number of hydrogen-bond acceptors (Lipinski definition) is 3. The van der Waals surface area contributed by atoms with Crippen LogP contribution in [-0.2, 0) is 11.3 Å². The summed E-state index contributed by atoms with van der Waals surface area (Å²) in [4.78, 5) is 10.9. The van der Waals surface area contributed by atoms with Gasteiger partial charge in [-0.25, -0.2) is 0 Å². The zero-order valence-corrected chi connectivity index (χ0v) is 13.3. The van der Waals surface area contributed by atoms with Crippen LogP contribution in [0.25, 0.3) is 0 Å². The highest BCUT2D eigenvalue weighted by atomic mass is 35.5. The number of carbonyl (C=O) groups is 1. The highest BCUT2D eigenvalue weighted by Crippen LogP contribution is 2.16. The molecule has 0 fully saturated rings. The summed E-state index contributed by atoms with van der Waals surface area (Å²) in [6.07, 6.45) is 0. The molecule has 0 aliphatic rings. The number of anilines is 1. The zero-order valence-electron chi connectivity index (χ0n) is 12.5. The average Bonchev–Trinajstić information content (AvgIpc) is 2.84. The van der Waals surface area contributed by atoms with Gasteiger partial charge in [0.2, 0.25) is 5.91 Å². The minimum Gasteiger partial charge on any atom is -0.465 e. The van der Waals surface area contributed by atoms with Crippen LogP contribution in [0.15, 0.2) is 40.8 Å². The van der Waals surface area contributed by atoms with Crippen LogP contribution in [0.3, 0.4) is 0 Å². The van der Waals surface area contributed by atoms with Crippen LogP contribution in [0.4, 0.5) is 5.69 Å². The molecular formula is C16H21ClN2O2. The maximum Gasteiger partial charge on any atom is 0.221 e. The second-order valence-corrected chi connectivity index (χ2v) is 4.93. The van der Waals surface area contributed by atoms with Gasteiger partial charge in [-0.2, -0.15) is 0 Å². The lowest BCUT2D eigenvalue weighted by Gasteiger charge is -2.12. The summed E-state index contributed by atoms with van der Waals surface area (Å²) in [5, 5.41) is 6.16. The molecule has 1 aromatic heterocycles. The van der Waals surface area contributed by atoms with Crippen molar-refractivity contribution in [3.63, 3.8) is 0 Å². The minimum absolute atomic E-state index is 0. The van der Waals surface area contributed by atoms with Gasteiger partial charge in [0, 0.05) is 19.2 Å². The van der Waals surface area contributed by atoms with E-state index >= 15 is 0 Å². The number of hydrogen-bond donors (Lipinski definition) is 2. The summed E-state index contributed by atoms with van der Waals surface area (Å²) in [6, 6.07) is 11.9. The lowest BCUT2D eigenvalue weighted by molar-refractivity contribution is -0.114. The molecule has 1 unspecified atom stereocenters. The number of amides is 1. The van der Waals surface area contributed by atoms with Crippen molar-refractivity contribution in [1.82, 2.24) is 5.32 Å². The number of benzene rings is 1. The van der Waals surface area contributed by atoms with E-state index < -0.39 is 0 Å². The van der Waals surface area contributed by atoms with Gasteiger partial charge in [0.05, 0.1) is 6.04 Å². The van der Waals surface area contributed by atoms with E-state index in [2.05, 4.69) is 17.6 Å². The summed E-state index contributed by atoms with van der Waals surface area (Å²) < 4.78 is 5.59. The molecule has 1 aromatic carbocycles. The van der Waals surface area contributed by atoms with Crippen LogP contribution in [0.2, 0.25) is 0 Å². The smallest absolute Gasteiger partial charge is 0.221 e. The number of nitrogens with one attached hydrogen (secondary N) is 2. The molecule has 1 amide bonds. The molecule has 0 spiro atoms. The summed E-state index contributed by atoms with van der Waals surface area (Å²) in [7, 11) is 0. The average molecular weight is 309 g/mol. The molecule has 1 atom stereocenters. The molecule has 4 nitrogen and oxygen atoms in total. The largest absolute Gasteiger partial charge is 0.465 e. The summed E-state index contributed by atoms with van der Waals surface area (Å²) in [6.45, 7) is 6.27. The summed E-state index contributed by atoms with van der Waals surface area (Å²) in [5.74, 6) is 1.81. The highest BCUT2D eigenvalue weighted by Gasteiger charge is 2.08. The Labute approximate surface area is 131 Å². The molecule has 0 saturated heterocycles. The van der Waals surface area contributed by atoms with Crippen LogP contribution in [0.1, 0.15) is 37.0 Å². The third-order valence-corrected chi connectivity index (χ3v) is 3.07. The lowest BCUT2D eigenvalue weighted by Crippen LogP contribution is -2.17. The molecule has 21 heavy (non-hydrogen) atoms. The fraction of sp³-hybridized carbons (Fsp3) is 0.312. The Morgan fingerprint density at radius 3 is 2.38 bits per heavy atom. The van der Waals surface area contributed by atoms with Crippen LogP contribution in [0, 0.1) is 6.92 Å². The van der Waals surface area contributed by atoms with Crippen LogP contribution < -0.4 is 10.6 Å². The fourth-order valence-corrected chi connectivity index (χ4v) is 1.97. The maximum absolute atomic E-state index is 10.9. The zero-order chi connectivity index (χ0) is 14.5. The summed E-state index contributed by atoms with van der Waals surface area (Å²) >= 11 is 0. The molecule has 0 aliphatic heterocycles. The van der Waals surface area contributed by atoms with Crippen molar-refractivity contribution in [2.75, 3.05) is 5.32 Å². The Kier molecular flexibility index (Phi) is 6.46. The number of halogens is 1. The van der Waals surface area contributed by atoms with Gasteiger partial charge in [-0.3, -0.25) is 4.79 Å². The first-order chi connectivity index (χ1) is 9.54. The predicted octanol–water partition coefficient (Wildman–Crippen LogP) is 3.82. The minimum atomic E-state index is -0.0577. The first-order valence-electron chi connectivity index (χ1n) is 6.71. The molecule has 0 bridgehead atoms. The van der Waals surface area contributed by atoms with E-state index in [-0.39, 0.29) is 24.4 Å². The molecule has 2 rings (SSSR count). The Morgan fingerprint density at radius 1 is 1.19 bits per heavy atom. The van der Waals surface area contributed by atoms with Gasteiger partial charge < -0.3 is 15.1 Å². The topological polar surface area (TPSA) is 54.3 Å². The van der Waals surface area contributed by atoms with Crippen LogP contribution in [0.5, 0.6) is 0 Å². The van der Waals surface area contributed by atoms with Crippen LogP contribution >= 0.6 is 12.4 Å². The number of rotatable bonds is 5. The van der Waals surface area contributed by atoms with E-state index in [9.17, 15) is 4.79 Å². The van der Waals surface area contributed by atoms with Gasteiger partial charge in [-0.1, -0.05) is 12.1 Å². The molecule has 1 heterocycles. The first-order valence-corrected chi connectivity index (χ1v) is 6.71. The van der Waals surface area contributed by atoms with Crippen molar-refractivity contribution >= 4 is 24.0 Å². The quantitative estimate of drug-likeness (QED) is 0.883. The number of aryl methyl sites for hydroxylation is 1. The van der Waals surface area contributed by atoms with Crippen LogP contribution in [-0.4, -0.2) is 5.91 Å². The SMILES string of the molecule is CC(=O)Nc1ccc(CNC(C)c2ccc(C)o2)cc1.Cl. The highest BCUT2D eigenvalue weighted by molar-refractivity contribution is 5.88. The van der Waals surface area contributed by atoms with E-state index in [1.807, 2.05) is 43.3 Å². The van der Waals surface area contributed by atoms with E-state index in [1.54, 1.807) is 0 Å². The molecule has 2 N–H and O–H groups in total. The second-order valence-electron chi connectivity index (χ2n) is 4.93. The van der Waals surface area contributed by atoms with E-state index in [4.69, 9.17) is 4.42 Å².